The number of carbonyl (C=O) groups excluding carboxylic acids is 1. The topological polar surface area (TPSA) is 63.7 Å². The second-order valence-corrected chi connectivity index (χ2v) is 8.29. The van der Waals surface area contributed by atoms with Crippen LogP contribution in [0.5, 0.6) is 0 Å². The molecule has 0 amide bonds. The molecule has 0 saturated heterocycles. The first-order valence-corrected chi connectivity index (χ1v) is 9.93. The second kappa shape index (κ2) is 8.17. The SMILES string of the molecule is CCOC(=O)CN(c1ccc(I)cc1)S(=O)(=O)c1ccc(Cl)cc1. The third-order valence-corrected chi connectivity index (χ3v) is 5.85. The fraction of sp³-hybridized carbons (Fsp3) is 0.188. The highest BCUT2D eigenvalue weighted by molar-refractivity contribution is 14.1. The molecule has 0 saturated carbocycles. The highest BCUT2D eigenvalue weighted by atomic mass is 127. The van der Waals surface area contributed by atoms with Crippen LogP contribution in [0, 0.1) is 3.57 Å². The van der Waals surface area contributed by atoms with Crippen LogP contribution in [-0.2, 0) is 19.6 Å². The van der Waals surface area contributed by atoms with Gasteiger partial charge in [-0.2, -0.15) is 0 Å². The molecule has 0 aliphatic carbocycles. The van der Waals surface area contributed by atoms with Crippen molar-refractivity contribution in [2.45, 2.75) is 11.8 Å². The number of esters is 1. The number of hydrogen-bond donors (Lipinski definition) is 0. The lowest BCUT2D eigenvalue weighted by atomic mass is 10.3. The standard InChI is InChI=1S/C16H15ClINO4S/c1-2-23-16(20)11-19(14-7-5-13(18)6-8-14)24(21,22)15-9-3-12(17)4-10-15/h3-10H,2,11H2,1H3. The second-order valence-electron chi connectivity index (χ2n) is 4.75. The van der Waals surface area contributed by atoms with Crippen molar-refractivity contribution in [1.29, 1.82) is 0 Å². The van der Waals surface area contributed by atoms with Gasteiger partial charge in [0.05, 0.1) is 17.2 Å². The van der Waals surface area contributed by atoms with Crippen molar-refractivity contribution in [3.05, 3.63) is 57.1 Å². The number of carbonyl (C=O) groups is 1. The van der Waals surface area contributed by atoms with Crippen molar-refractivity contribution in [3.63, 3.8) is 0 Å². The number of hydrogen-bond acceptors (Lipinski definition) is 4. The molecule has 0 N–H and O–H groups in total. The first-order chi connectivity index (χ1) is 11.3. The van der Waals surface area contributed by atoms with Gasteiger partial charge in [-0.05, 0) is 78.0 Å². The third-order valence-electron chi connectivity index (χ3n) is 3.09. The van der Waals surface area contributed by atoms with E-state index >= 15 is 0 Å². The van der Waals surface area contributed by atoms with Gasteiger partial charge in [-0.15, -0.1) is 0 Å². The lowest BCUT2D eigenvalue weighted by Gasteiger charge is -2.23. The van der Waals surface area contributed by atoms with Gasteiger partial charge in [0.15, 0.2) is 0 Å². The number of ether oxygens (including phenoxy) is 1. The molecule has 128 valence electrons. The number of benzene rings is 2. The van der Waals surface area contributed by atoms with Crippen LogP contribution in [0.15, 0.2) is 53.4 Å². The number of sulfonamides is 1. The maximum atomic E-state index is 12.9. The summed E-state index contributed by atoms with van der Waals surface area (Å²) in [5.41, 5.74) is 0.387. The molecule has 8 heteroatoms. The summed E-state index contributed by atoms with van der Waals surface area (Å²) in [5, 5.41) is 0.431. The molecule has 24 heavy (non-hydrogen) atoms. The molecule has 0 unspecified atom stereocenters. The number of nitrogens with zero attached hydrogens (tertiary/aromatic N) is 1. The van der Waals surface area contributed by atoms with Gasteiger partial charge in [0, 0.05) is 8.59 Å². The molecule has 0 heterocycles. The molecule has 0 aromatic heterocycles. The van der Waals surface area contributed by atoms with E-state index in [1.54, 1.807) is 31.2 Å². The summed E-state index contributed by atoms with van der Waals surface area (Å²) in [6, 6.07) is 12.6. The fourth-order valence-corrected chi connectivity index (χ4v) is 3.87. The first kappa shape index (κ1) is 19.0. The Hall–Kier alpha value is -1.32. The molecule has 2 aromatic rings. The third kappa shape index (κ3) is 4.61. The zero-order chi connectivity index (χ0) is 17.7. The maximum absolute atomic E-state index is 12.9. The van der Waals surface area contributed by atoms with Gasteiger partial charge in [0.2, 0.25) is 0 Å². The Balaban J connectivity index is 2.45. The minimum absolute atomic E-state index is 0.0507. The monoisotopic (exact) mass is 479 g/mol. The van der Waals surface area contributed by atoms with Crippen LogP contribution in [0.3, 0.4) is 0 Å². The van der Waals surface area contributed by atoms with Crippen molar-refractivity contribution in [1.82, 2.24) is 0 Å². The first-order valence-electron chi connectivity index (χ1n) is 7.04. The fourth-order valence-electron chi connectivity index (χ4n) is 1.98. The van der Waals surface area contributed by atoms with Gasteiger partial charge in [-0.1, -0.05) is 11.6 Å². The summed E-state index contributed by atoms with van der Waals surface area (Å²) < 4.78 is 32.8. The van der Waals surface area contributed by atoms with Crippen LogP contribution in [0.4, 0.5) is 5.69 Å². The molecule has 5 nitrogen and oxygen atoms in total. The van der Waals surface area contributed by atoms with E-state index in [1.807, 2.05) is 0 Å². The lowest BCUT2D eigenvalue weighted by molar-refractivity contribution is -0.141. The summed E-state index contributed by atoms with van der Waals surface area (Å²) in [7, 11) is -3.93. The predicted octanol–water partition coefficient (Wildman–Crippen LogP) is 3.70. The molecular formula is C16H15ClINO4S. The van der Waals surface area contributed by atoms with Crippen LogP contribution in [0.25, 0.3) is 0 Å². The number of anilines is 1. The zero-order valence-electron chi connectivity index (χ0n) is 12.8. The Morgan fingerprint density at radius 3 is 2.25 bits per heavy atom. The highest BCUT2D eigenvalue weighted by Crippen LogP contribution is 2.25. The van der Waals surface area contributed by atoms with Crippen molar-refractivity contribution in [2.75, 3.05) is 17.5 Å². The van der Waals surface area contributed by atoms with E-state index in [1.165, 1.54) is 24.3 Å². The summed E-state index contributed by atoms with van der Waals surface area (Å²) in [4.78, 5) is 11.9. The van der Waals surface area contributed by atoms with Gasteiger partial charge in [0.25, 0.3) is 10.0 Å². The highest BCUT2D eigenvalue weighted by Gasteiger charge is 2.27. The van der Waals surface area contributed by atoms with Crippen molar-refractivity contribution < 1.29 is 17.9 Å². The van der Waals surface area contributed by atoms with Crippen LogP contribution in [0.2, 0.25) is 5.02 Å². The van der Waals surface area contributed by atoms with Gasteiger partial charge >= 0.3 is 5.97 Å². The van der Waals surface area contributed by atoms with E-state index in [2.05, 4.69) is 22.6 Å². The van der Waals surface area contributed by atoms with Crippen molar-refractivity contribution >= 4 is 55.9 Å². The van der Waals surface area contributed by atoms with E-state index in [0.717, 1.165) is 7.88 Å². The Labute approximate surface area is 159 Å². The van der Waals surface area contributed by atoms with E-state index in [9.17, 15) is 13.2 Å². The molecule has 2 aromatic carbocycles. The zero-order valence-corrected chi connectivity index (χ0v) is 16.5. The minimum Gasteiger partial charge on any atom is -0.465 e. The molecule has 0 bridgehead atoms. The van der Waals surface area contributed by atoms with Gasteiger partial charge in [-0.25, -0.2) is 8.42 Å². The molecule has 0 radical (unpaired) electrons. The Kier molecular flexibility index (Phi) is 6.47. The predicted molar refractivity (Wildman–Crippen MR) is 102 cm³/mol. The van der Waals surface area contributed by atoms with E-state index in [0.29, 0.717) is 10.7 Å². The average Bonchev–Trinajstić information content (AvgIpc) is 2.54. The Bertz CT molecular complexity index is 807. The molecule has 2 rings (SSSR count). The van der Waals surface area contributed by atoms with Crippen molar-refractivity contribution in [3.8, 4) is 0 Å². The molecule has 0 spiro atoms. The molecular weight excluding hydrogens is 465 g/mol. The number of rotatable bonds is 6. The maximum Gasteiger partial charge on any atom is 0.326 e. The summed E-state index contributed by atoms with van der Waals surface area (Å²) >= 11 is 7.94. The largest absolute Gasteiger partial charge is 0.465 e. The quantitative estimate of drug-likeness (QED) is 0.468. The van der Waals surface area contributed by atoms with E-state index < -0.39 is 22.5 Å². The minimum atomic E-state index is -3.93. The van der Waals surface area contributed by atoms with Crippen LogP contribution < -0.4 is 4.31 Å². The summed E-state index contributed by atoms with van der Waals surface area (Å²) in [5.74, 6) is -0.617. The van der Waals surface area contributed by atoms with E-state index in [-0.39, 0.29) is 11.5 Å². The Morgan fingerprint density at radius 1 is 1.12 bits per heavy atom. The van der Waals surface area contributed by atoms with Crippen LogP contribution in [0.1, 0.15) is 6.92 Å². The average molecular weight is 480 g/mol. The van der Waals surface area contributed by atoms with Crippen molar-refractivity contribution in [2.24, 2.45) is 0 Å². The summed E-state index contributed by atoms with van der Waals surface area (Å²) in [6.07, 6.45) is 0. The lowest BCUT2D eigenvalue weighted by Crippen LogP contribution is -2.36. The Morgan fingerprint density at radius 2 is 1.71 bits per heavy atom. The van der Waals surface area contributed by atoms with Crippen LogP contribution >= 0.6 is 34.2 Å². The van der Waals surface area contributed by atoms with Gasteiger partial charge < -0.3 is 4.74 Å². The summed E-state index contributed by atoms with van der Waals surface area (Å²) in [6.45, 7) is 1.44. The smallest absolute Gasteiger partial charge is 0.326 e. The van der Waals surface area contributed by atoms with Gasteiger partial charge in [-0.3, -0.25) is 9.10 Å². The normalized spacial score (nSPS) is 11.1. The number of halogens is 2. The molecule has 0 aliphatic rings. The van der Waals surface area contributed by atoms with Crippen LogP contribution in [-0.4, -0.2) is 27.5 Å². The molecule has 0 fully saturated rings. The van der Waals surface area contributed by atoms with Gasteiger partial charge in [0.1, 0.15) is 6.54 Å². The molecule has 0 aliphatic heterocycles. The van der Waals surface area contributed by atoms with E-state index in [4.69, 9.17) is 16.3 Å². The molecule has 0 atom stereocenters.